The van der Waals surface area contributed by atoms with Crippen molar-refractivity contribution in [2.75, 3.05) is 29.4 Å². The molecule has 0 heterocycles. The van der Waals surface area contributed by atoms with Crippen LogP contribution >= 0.6 is 0 Å². The van der Waals surface area contributed by atoms with Gasteiger partial charge in [-0.05, 0) is 295 Å². The molecule has 22 aromatic rings. The van der Waals surface area contributed by atoms with Gasteiger partial charge in [0.15, 0.2) is 0 Å². The molecule has 0 aliphatic rings. The highest BCUT2D eigenvalue weighted by molar-refractivity contribution is 6.00. The van der Waals surface area contributed by atoms with Gasteiger partial charge < -0.3 is 29.4 Å². The summed E-state index contributed by atoms with van der Waals surface area (Å²) in [5.74, 6) is 0. The quantitative estimate of drug-likeness (QED) is 0.0596. The van der Waals surface area contributed by atoms with Crippen LogP contribution in [0.1, 0.15) is 0 Å². The summed E-state index contributed by atoms with van der Waals surface area (Å²) in [7, 11) is 0. The number of hydrogen-bond acceptors (Lipinski definition) is 6. The van der Waals surface area contributed by atoms with Gasteiger partial charge in [0, 0.05) is 102 Å². The first-order chi connectivity index (χ1) is 66.4. The van der Waals surface area contributed by atoms with Gasteiger partial charge in [0.05, 0.1) is 5.69 Å². The van der Waals surface area contributed by atoms with Crippen LogP contribution in [0.3, 0.4) is 0 Å². The molecule has 0 unspecified atom stereocenters. The third kappa shape index (κ3) is 18.2. The van der Waals surface area contributed by atoms with Crippen molar-refractivity contribution in [2.24, 2.45) is 0 Å². The normalized spacial score (nSPS) is 11.0. The minimum absolute atomic E-state index is 1.09. The fraction of sp³-hybridized carbons (Fsp3) is 0. The van der Waals surface area contributed by atoms with E-state index >= 15 is 0 Å². The molecule has 134 heavy (non-hydrogen) atoms. The number of rotatable bonds is 24. The largest absolute Gasteiger partial charge is 0.311 e. The van der Waals surface area contributed by atoms with Crippen molar-refractivity contribution in [3.8, 4) is 66.8 Å². The predicted octanol–water partition coefficient (Wildman–Crippen LogP) is 36.5. The molecule has 6 heteroatoms. The van der Waals surface area contributed by atoms with Crippen LogP contribution in [0.25, 0.3) is 88.3 Å². The molecular weight excluding hydrogens is 1620 g/mol. The fourth-order valence-electron chi connectivity index (χ4n) is 18.1. The van der Waals surface area contributed by atoms with Crippen molar-refractivity contribution >= 4 is 124 Å². The van der Waals surface area contributed by atoms with Crippen LogP contribution in [0.5, 0.6) is 0 Å². The van der Waals surface area contributed by atoms with Gasteiger partial charge in [-0.2, -0.15) is 0 Å². The lowest BCUT2D eigenvalue weighted by molar-refractivity contribution is 1.28. The lowest BCUT2D eigenvalue weighted by Crippen LogP contribution is -2.10. The molecule has 0 N–H and O–H groups in total. The maximum absolute atomic E-state index is 2.38. The molecule has 0 spiro atoms. The average molecular weight is 1720 g/mol. The minimum atomic E-state index is 1.09. The Morgan fingerprint density at radius 1 is 0.0896 bits per heavy atom. The molecule has 0 aromatic heterocycles. The van der Waals surface area contributed by atoms with E-state index in [-0.39, 0.29) is 0 Å². The Bertz CT molecular complexity index is 7430. The zero-order valence-corrected chi connectivity index (χ0v) is 74.0. The molecule has 636 valence electrons. The van der Waals surface area contributed by atoms with E-state index in [0.29, 0.717) is 0 Å². The second kappa shape index (κ2) is 39.0. The third-order valence-electron chi connectivity index (χ3n) is 24.9. The van der Waals surface area contributed by atoms with Gasteiger partial charge in [0.1, 0.15) is 0 Å². The summed E-state index contributed by atoms with van der Waals surface area (Å²) in [6.07, 6.45) is 0. The number of nitrogens with zero attached hydrogens (tertiary/aromatic N) is 6. The molecule has 0 saturated heterocycles. The Labute approximate surface area is 784 Å². The molecular formula is C128H94N6. The molecule has 0 bridgehead atoms. The van der Waals surface area contributed by atoms with E-state index in [9.17, 15) is 0 Å². The molecule has 6 nitrogen and oxygen atoms in total. The van der Waals surface area contributed by atoms with Crippen molar-refractivity contribution in [1.82, 2.24) is 0 Å². The van der Waals surface area contributed by atoms with E-state index in [2.05, 4.69) is 600 Å². The van der Waals surface area contributed by atoms with E-state index < -0.39 is 0 Å². The summed E-state index contributed by atoms with van der Waals surface area (Å²) in [4.78, 5) is 13.9. The second-order valence-electron chi connectivity index (χ2n) is 33.3. The van der Waals surface area contributed by atoms with E-state index in [4.69, 9.17) is 0 Å². The average Bonchev–Trinajstić information content (AvgIpc) is 0.777. The van der Waals surface area contributed by atoms with Crippen LogP contribution in [-0.4, -0.2) is 0 Å². The van der Waals surface area contributed by atoms with E-state index in [1.165, 1.54) is 77.2 Å². The summed E-state index contributed by atoms with van der Waals surface area (Å²) < 4.78 is 0. The Morgan fingerprint density at radius 2 is 0.246 bits per heavy atom. The van der Waals surface area contributed by atoms with Crippen LogP contribution in [0.4, 0.5) is 102 Å². The molecule has 0 fully saturated rings. The Hall–Kier alpha value is -17.8. The van der Waals surface area contributed by atoms with Crippen LogP contribution in [0, 0.1) is 0 Å². The fourth-order valence-corrected chi connectivity index (χ4v) is 18.1. The number of fused-ring (bicyclic) bond motifs is 2. The first-order valence-electron chi connectivity index (χ1n) is 45.7. The Morgan fingerprint density at radius 3 is 0.478 bits per heavy atom. The number of para-hydroxylation sites is 8. The minimum Gasteiger partial charge on any atom is -0.311 e. The van der Waals surface area contributed by atoms with Crippen molar-refractivity contribution in [1.29, 1.82) is 0 Å². The third-order valence-corrected chi connectivity index (χ3v) is 24.9. The number of hydrogen-bond donors (Lipinski definition) is 0. The summed E-state index contributed by atoms with van der Waals surface area (Å²) in [5.41, 5.74) is 34.1. The number of benzene rings is 22. The van der Waals surface area contributed by atoms with Crippen molar-refractivity contribution < 1.29 is 0 Å². The maximum atomic E-state index is 2.38. The van der Waals surface area contributed by atoms with Crippen molar-refractivity contribution in [3.63, 3.8) is 0 Å². The summed E-state index contributed by atoms with van der Waals surface area (Å²) in [6, 6.07) is 204. The van der Waals surface area contributed by atoms with Gasteiger partial charge >= 0.3 is 0 Å². The highest BCUT2D eigenvalue weighted by Crippen LogP contribution is 2.46. The smallest absolute Gasteiger partial charge is 0.0540 e. The monoisotopic (exact) mass is 1710 g/mol. The molecule has 0 aliphatic heterocycles. The molecule has 22 aromatic carbocycles. The predicted molar refractivity (Wildman–Crippen MR) is 569 cm³/mol. The molecule has 0 saturated carbocycles. The van der Waals surface area contributed by atoms with Gasteiger partial charge in [0.2, 0.25) is 0 Å². The van der Waals surface area contributed by atoms with Crippen molar-refractivity contribution in [3.05, 3.63) is 570 Å². The first-order valence-corrected chi connectivity index (χ1v) is 45.7. The molecule has 0 atom stereocenters. The lowest BCUT2D eigenvalue weighted by atomic mass is 9.99. The van der Waals surface area contributed by atoms with Gasteiger partial charge in [-0.25, -0.2) is 0 Å². The SMILES string of the molecule is c1ccc(N(c2ccccc2)c2ccc(-c3ccc(-c4ccc(N(c5ccc(-c6ccc(N(c7ccccc7)c7ccccc7)cc6)cc5)c5ccc6ccccc6c5)cc4)cc3)cc2)cc1.c1ccc(N(c2ccccc2)c2ccc(-c3ccc(-c4ccc(N(c5ccc(-c6ccc(N(c7ccccc7)c7ccccc7)cc6)cc5)c5cccc6ccccc56)cc4)cc3)cc2)cc1. The second-order valence-corrected chi connectivity index (χ2v) is 33.3. The first kappa shape index (κ1) is 83.1. The van der Waals surface area contributed by atoms with Crippen molar-refractivity contribution in [2.45, 2.75) is 0 Å². The van der Waals surface area contributed by atoms with Gasteiger partial charge in [-0.15, -0.1) is 0 Å². The molecule has 0 aliphatic carbocycles. The highest BCUT2D eigenvalue weighted by Gasteiger charge is 2.22. The Balaban J connectivity index is 0.000000161. The molecule has 0 radical (unpaired) electrons. The van der Waals surface area contributed by atoms with E-state index in [1.807, 2.05) is 0 Å². The van der Waals surface area contributed by atoms with Crippen LogP contribution in [0.15, 0.2) is 570 Å². The zero-order chi connectivity index (χ0) is 89.6. The standard InChI is InChI=1S/2C64H47N3/c1-5-18-55(19-6-1)65(56-20-7-2-8-21-56)59-40-32-50(33-41-59)48-28-30-49(31-29-48)51-36-44-61(45-37-51)67(64-27-15-17-54-16-13-14-26-63(54)64)62-46-38-53(39-47-62)52-34-42-60(43-35-52)66(57-22-9-3-10-23-57)58-24-11-4-12-25-58;1-5-17-56(18-6-1)65(57-19-7-2-8-20-57)60-38-29-51(30-39-60)49-25-27-50(28-26-49)52-33-42-62(43-34-52)67(64-46-37-48-15-13-14-16-55(48)47-64)63-44-35-54(36-45-63)53-31-40-61(41-32-53)66(58-21-9-3-10-22-58)59-23-11-4-12-24-59/h2*1-47H. The highest BCUT2D eigenvalue weighted by atomic mass is 15.2. The van der Waals surface area contributed by atoms with Gasteiger partial charge in [-0.3, -0.25) is 0 Å². The van der Waals surface area contributed by atoms with Gasteiger partial charge in [0.25, 0.3) is 0 Å². The van der Waals surface area contributed by atoms with Crippen LogP contribution < -0.4 is 29.4 Å². The van der Waals surface area contributed by atoms with Gasteiger partial charge in [-0.1, -0.05) is 358 Å². The summed E-state index contributed by atoms with van der Waals surface area (Å²) in [6.45, 7) is 0. The van der Waals surface area contributed by atoms with E-state index in [1.54, 1.807) is 0 Å². The molecule has 0 amide bonds. The molecule has 22 rings (SSSR count). The summed E-state index contributed by atoms with van der Waals surface area (Å²) in [5, 5.41) is 4.83. The van der Waals surface area contributed by atoms with Crippen LogP contribution in [0.2, 0.25) is 0 Å². The topological polar surface area (TPSA) is 19.4 Å². The van der Waals surface area contributed by atoms with Crippen LogP contribution in [-0.2, 0) is 0 Å². The summed E-state index contributed by atoms with van der Waals surface area (Å²) >= 11 is 0. The zero-order valence-electron chi connectivity index (χ0n) is 74.0. The van der Waals surface area contributed by atoms with E-state index in [0.717, 1.165) is 113 Å². The Kier molecular flexibility index (Phi) is 24.2. The number of anilines is 18. The lowest BCUT2D eigenvalue weighted by Gasteiger charge is -2.27. The maximum Gasteiger partial charge on any atom is 0.0540 e.